The highest BCUT2D eigenvalue weighted by Gasteiger charge is 2.39. The van der Waals surface area contributed by atoms with Gasteiger partial charge in [-0.15, -0.1) is 0 Å². The number of hydrogen-bond acceptors (Lipinski definition) is 2. The lowest BCUT2D eigenvalue weighted by Gasteiger charge is -2.39. The summed E-state index contributed by atoms with van der Waals surface area (Å²) in [6, 6.07) is 9.95. The average Bonchev–Trinajstić information content (AvgIpc) is 2.52. The monoisotopic (exact) mass is 408 g/mol. The van der Waals surface area contributed by atoms with E-state index in [4.69, 9.17) is 9.16 Å². The van der Waals surface area contributed by atoms with Crippen LogP contribution in [0.25, 0.3) is 0 Å². The zero-order valence-electron chi connectivity index (χ0n) is 19.6. The third-order valence-corrected chi connectivity index (χ3v) is 12.2. The van der Waals surface area contributed by atoms with Crippen molar-refractivity contribution < 1.29 is 9.16 Å². The molecule has 0 heterocycles. The molecule has 0 radical (unpaired) electrons. The summed E-state index contributed by atoms with van der Waals surface area (Å²) in [7, 11) is -2.90. The number of hydrogen-bond donors (Lipinski definition) is 0. The van der Waals surface area contributed by atoms with Crippen LogP contribution in [0, 0.1) is 0 Å². The first-order valence-corrected chi connectivity index (χ1v) is 17.3. The maximum atomic E-state index is 6.65. The van der Waals surface area contributed by atoms with Gasteiger partial charge in [-0.05, 0) is 54.6 Å². The van der Waals surface area contributed by atoms with Crippen molar-refractivity contribution in [3.8, 4) is 5.75 Å². The van der Waals surface area contributed by atoms with Gasteiger partial charge in [-0.25, -0.2) is 0 Å². The Labute approximate surface area is 171 Å². The van der Waals surface area contributed by atoms with Gasteiger partial charge >= 0.3 is 0 Å². The lowest BCUT2D eigenvalue weighted by atomic mass is 9.99. The molecule has 0 aliphatic rings. The Balaban J connectivity index is 2.86. The van der Waals surface area contributed by atoms with Gasteiger partial charge in [0.1, 0.15) is 5.75 Å². The summed E-state index contributed by atoms with van der Waals surface area (Å²) in [5.41, 5.74) is 1.38. The third-order valence-electron chi connectivity index (χ3n) is 5.93. The highest BCUT2D eigenvalue weighted by atomic mass is 28.4. The molecule has 0 N–H and O–H groups in total. The van der Waals surface area contributed by atoms with Crippen LogP contribution in [0.4, 0.5) is 0 Å². The minimum Gasteiger partial charge on any atom is -0.466 e. The Morgan fingerprint density at radius 3 is 1.96 bits per heavy atom. The van der Waals surface area contributed by atoms with Gasteiger partial charge in [-0.1, -0.05) is 72.4 Å². The predicted octanol–water partition coefficient (Wildman–Crippen LogP) is 8.05. The van der Waals surface area contributed by atoms with Crippen molar-refractivity contribution in [1.82, 2.24) is 0 Å². The van der Waals surface area contributed by atoms with Crippen LogP contribution in [-0.4, -0.2) is 22.7 Å². The van der Waals surface area contributed by atoms with Crippen molar-refractivity contribution >= 4 is 16.4 Å². The van der Waals surface area contributed by atoms with Crippen molar-refractivity contribution in [2.45, 2.75) is 110 Å². The highest BCUT2D eigenvalue weighted by Crippen LogP contribution is 2.38. The molecule has 0 saturated heterocycles. The minimum absolute atomic E-state index is 0.142. The molecule has 0 aromatic heterocycles. The molecule has 0 aliphatic carbocycles. The first kappa shape index (κ1) is 24.5. The first-order valence-electron chi connectivity index (χ1n) is 10.7. The molecule has 2 nitrogen and oxygen atoms in total. The van der Waals surface area contributed by atoms with Gasteiger partial charge in [0.15, 0.2) is 14.6 Å². The molecule has 0 saturated carbocycles. The second kappa shape index (κ2) is 9.75. The van der Waals surface area contributed by atoms with Gasteiger partial charge in [0, 0.05) is 14.5 Å². The van der Waals surface area contributed by atoms with Crippen LogP contribution in [0.1, 0.15) is 65.4 Å². The molecular formula is C23H44O2Si2. The molecule has 0 amide bonds. The van der Waals surface area contributed by atoms with E-state index in [0.29, 0.717) is 5.92 Å². The maximum absolute atomic E-state index is 6.65. The smallest absolute Gasteiger partial charge is 0.196 e. The molecule has 0 bridgehead atoms. The van der Waals surface area contributed by atoms with Gasteiger partial charge in [0.25, 0.3) is 0 Å². The fourth-order valence-electron chi connectivity index (χ4n) is 2.71. The minimum atomic E-state index is -1.87. The molecule has 1 aromatic carbocycles. The Kier molecular flexibility index (Phi) is 8.83. The van der Waals surface area contributed by atoms with E-state index >= 15 is 0 Å². The summed E-state index contributed by atoms with van der Waals surface area (Å²) in [6.07, 6.45) is 3.18. The van der Waals surface area contributed by atoms with Crippen molar-refractivity contribution in [2.75, 3.05) is 0 Å². The molecule has 27 heavy (non-hydrogen) atoms. The molecular weight excluding hydrogens is 364 g/mol. The SMILES string of the molecule is CCC(C)c1ccc(OC(CCC[Si](C)(C)C)O[Si](C)(C)C(C)(C)C)cc1. The lowest BCUT2D eigenvalue weighted by Crippen LogP contribution is -2.45. The van der Waals surface area contributed by atoms with E-state index in [1.54, 1.807) is 0 Å². The van der Waals surface area contributed by atoms with Crippen molar-refractivity contribution in [3.63, 3.8) is 0 Å². The summed E-state index contributed by atoms with van der Waals surface area (Å²) < 4.78 is 13.0. The summed E-state index contributed by atoms with van der Waals surface area (Å²) in [6.45, 7) is 23.3. The topological polar surface area (TPSA) is 18.5 Å². The van der Waals surface area contributed by atoms with Crippen molar-refractivity contribution in [2.24, 2.45) is 0 Å². The van der Waals surface area contributed by atoms with Crippen LogP contribution >= 0.6 is 0 Å². The lowest BCUT2D eigenvalue weighted by molar-refractivity contribution is -0.0122. The molecule has 0 spiro atoms. The van der Waals surface area contributed by atoms with E-state index in [0.717, 1.165) is 18.6 Å². The van der Waals surface area contributed by atoms with Crippen LogP contribution in [-0.2, 0) is 4.43 Å². The van der Waals surface area contributed by atoms with Crippen LogP contribution in [0.2, 0.25) is 43.8 Å². The maximum Gasteiger partial charge on any atom is 0.196 e. The summed E-state index contributed by atoms with van der Waals surface area (Å²) in [5, 5.41) is 0.188. The molecule has 0 aliphatic heterocycles. The predicted molar refractivity (Wildman–Crippen MR) is 125 cm³/mol. The van der Waals surface area contributed by atoms with Crippen LogP contribution < -0.4 is 4.74 Å². The number of benzene rings is 1. The second-order valence-electron chi connectivity index (χ2n) is 10.8. The average molecular weight is 409 g/mol. The largest absolute Gasteiger partial charge is 0.466 e. The van der Waals surface area contributed by atoms with E-state index in [2.05, 4.69) is 91.6 Å². The Bertz CT molecular complexity index is 553. The second-order valence-corrected chi connectivity index (χ2v) is 21.1. The van der Waals surface area contributed by atoms with Gasteiger partial charge in [0.05, 0.1) is 0 Å². The van der Waals surface area contributed by atoms with Gasteiger partial charge < -0.3 is 9.16 Å². The van der Waals surface area contributed by atoms with Gasteiger partial charge in [0.2, 0.25) is 0 Å². The fraction of sp³-hybridized carbons (Fsp3) is 0.739. The van der Waals surface area contributed by atoms with Crippen LogP contribution in [0.5, 0.6) is 5.75 Å². The van der Waals surface area contributed by atoms with E-state index in [9.17, 15) is 0 Å². The van der Waals surface area contributed by atoms with E-state index in [-0.39, 0.29) is 11.3 Å². The molecule has 0 fully saturated rings. The summed E-state index contributed by atoms with van der Waals surface area (Å²) in [4.78, 5) is 0. The normalized spacial score (nSPS) is 15.5. The Hall–Kier alpha value is -0.586. The molecule has 1 aromatic rings. The Morgan fingerprint density at radius 1 is 0.963 bits per heavy atom. The van der Waals surface area contributed by atoms with E-state index < -0.39 is 16.4 Å². The summed E-state index contributed by atoms with van der Waals surface area (Å²) >= 11 is 0. The zero-order valence-corrected chi connectivity index (χ0v) is 21.6. The van der Waals surface area contributed by atoms with E-state index in [1.165, 1.54) is 18.0 Å². The van der Waals surface area contributed by atoms with Crippen molar-refractivity contribution in [1.29, 1.82) is 0 Å². The molecule has 156 valence electrons. The molecule has 1 rings (SSSR count). The Morgan fingerprint density at radius 2 is 1.52 bits per heavy atom. The van der Waals surface area contributed by atoms with Gasteiger partial charge in [-0.3, -0.25) is 0 Å². The number of rotatable bonds is 10. The van der Waals surface area contributed by atoms with Crippen molar-refractivity contribution in [3.05, 3.63) is 29.8 Å². The summed E-state index contributed by atoms with van der Waals surface area (Å²) in [5.74, 6) is 1.52. The molecule has 2 atom stereocenters. The first-order chi connectivity index (χ1) is 12.2. The molecule has 2 unspecified atom stereocenters. The van der Waals surface area contributed by atoms with E-state index in [1.807, 2.05) is 0 Å². The molecule has 4 heteroatoms. The highest BCUT2D eigenvalue weighted by molar-refractivity contribution is 6.76. The standard InChI is InChI=1S/C23H44O2Si2/c1-11-19(2)20-14-16-21(17-15-20)24-22(13-12-18-26(6,7)8)25-27(9,10)23(3,4)5/h14-17,19,22H,11-13,18H2,1-10H3. The van der Waals surface area contributed by atoms with Crippen LogP contribution in [0.3, 0.4) is 0 Å². The quantitative estimate of drug-likeness (QED) is 0.288. The fourth-order valence-corrected chi connectivity index (χ4v) is 5.15. The zero-order chi connectivity index (χ0) is 20.9. The number of ether oxygens (including phenoxy) is 1. The van der Waals surface area contributed by atoms with Crippen LogP contribution in [0.15, 0.2) is 24.3 Å². The third kappa shape index (κ3) is 8.53. The van der Waals surface area contributed by atoms with Gasteiger partial charge in [-0.2, -0.15) is 0 Å².